The molecule has 0 aliphatic heterocycles. The van der Waals surface area contributed by atoms with Crippen molar-refractivity contribution in [3.8, 4) is 0 Å². The van der Waals surface area contributed by atoms with E-state index in [1.54, 1.807) is 0 Å². The van der Waals surface area contributed by atoms with Crippen LogP contribution in [0.25, 0.3) is 0 Å². The Balaban J connectivity index is 1.92. The highest BCUT2D eigenvalue weighted by molar-refractivity contribution is 5.60. The van der Waals surface area contributed by atoms with Gasteiger partial charge >= 0.3 is 6.16 Å². The molecular formula is C23H38O3. The summed E-state index contributed by atoms with van der Waals surface area (Å²) in [6, 6.07) is 0. The van der Waals surface area contributed by atoms with Gasteiger partial charge in [-0.15, -0.1) is 13.2 Å². The van der Waals surface area contributed by atoms with Gasteiger partial charge in [-0.2, -0.15) is 0 Å². The Labute approximate surface area is 160 Å². The summed E-state index contributed by atoms with van der Waals surface area (Å²) in [7, 11) is 0. The molecule has 0 saturated heterocycles. The second-order valence-electron chi connectivity index (χ2n) is 8.11. The molecule has 2 aliphatic rings. The third-order valence-electron chi connectivity index (χ3n) is 6.14. The SMILES string of the molecule is C=CCC(OC(=O)OC(CC=C)C1CCCCCC1)C1CCCCCC1. The standard InChI is InChI=1S/C23H38O3/c1-3-13-21(19-15-9-5-6-10-16-19)25-23(24)26-22(14-4-2)20-17-11-7-8-12-18-20/h3-4,19-22H,1-2,5-18H2. The largest absolute Gasteiger partial charge is 0.508 e. The van der Waals surface area contributed by atoms with Crippen LogP contribution >= 0.6 is 0 Å². The normalized spacial score (nSPS) is 22.5. The van der Waals surface area contributed by atoms with E-state index in [0.717, 1.165) is 38.5 Å². The Kier molecular flexibility index (Phi) is 9.87. The van der Waals surface area contributed by atoms with Gasteiger partial charge in [-0.3, -0.25) is 0 Å². The zero-order chi connectivity index (χ0) is 18.6. The average molecular weight is 363 g/mol. The number of hydrogen-bond acceptors (Lipinski definition) is 3. The molecule has 0 N–H and O–H groups in total. The number of ether oxygens (including phenoxy) is 2. The molecule has 0 spiro atoms. The van der Waals surface area contributed by atoms with Crippen molar-refractivity contribution >= 4 is 6.16 Å². The fraction of sp³-hybridized carbons (Fsp3) is 0.783. The molecule has 2 fully saturated rings. The number of carbonyl (C=O) groups is 1. The lowest BCUT2D eigenvalue weighted by Gasteiger charge is -2.28. The lowest BCUT2D eigenvalue weighted by Crippen LogP contribution is -2.31. The van der Waals surface area contributed by atoms with Gasteiger partial charge in [0.1, 0.15) is 12.2 Å². The van der Waals surface area contributed by atoms with Crippen molar-refractivity contribution in [1.29, 1.82) is 0 Å². The first-order valence-electron chi connectivity index (χ1n) is 10.8. The van der Waals surface area contributed by atoms with Crippen LogP contribution in [0.3, 0.4) is 0 Å². The van der Waals surface area contributed by atoms with Crippen molar-refractivity contribution in [2.24, 2.45) is 11.8 Å². The van der Waals surface area contributed by atoms with E-state index >= 15 is 0 Å². The number of hydrogen-bond donors (Lipinski definition) is 0. The molecule has 0 aromatic heterocycles. The van der Waals surface area contributed by atoms with Gasteiger partial charge in [0.05, 0.1) is 0 Å². The van der Waals surface area contributed by atoms with E-state index in [-0.39, 0.29) is 12.2 Å². The van der Waals surface area contributed by atoms with Crippen LogP contribution in [-0.4, -0.2) is 18.4 Å². The van der Waals surface area contributed by atoms with Gasteiger partial charge in [-0.05, 0) is 37.5 Å². The molecule has 0 amide bonds. The van der Waals surface area contributed by atoms with Gasteiger partial charge in [0.25, 0.3) is 0 Å². The lowest BCUT2D eigenvalue weighted by atomic mass is 9.91. The summed E-state index contributed by atoms with van der Waals surface area (Å²) in [4.78, 5) is 12.6. The lowest BCUT2D eigenvalue weighted by molar-refractivity contribution is -0.0336. The third-order valence-corrected chi connectivity index (χ3v) is 6.14. The summed E-state index contributed by atoms with van der Waals surface area (Å²) in [5.74, 6) is 0.887. The summed E-state index contributed by atoms with van der Waals surface area (Å²) < 4.78 is 11.6. The minimum absolute atomic E-state index is 0.0865. The highest BCUT2D eigenvalue weighted by atomic mass is 16.7. The molecule has 0 aromatic rings. The fourth-order valence-electron chi connectivity index (χ4n) is 4.64. The fourth-order valence-corrected chi connectivity index (χ4v) is 4.64. The van der Waals surface area contributed by atoms with Crippen molar-refractivity contribution in [2.75, 3.05) is 0 Å². The molecule has 2 saturated carbocycles. The minimum Gasteiger partial charge on any atom is -0.430 e. The van der Waals surface area contributed by atoms with Crippen LogP contribution in [0.4, 0.5) is 4.79 Å². The molecule has 0 radical (unpaired) electrons. The van der Waals surface area contributed by atoms with E-state index in [1.165, 1.54) is 51.4 Å². The minimum atomic E-state index is -0.489. The van der Waals surface area contributed by atoms with Crippen LogP contribution in [0.2, 0.25) is 0 Å². The molecular weight excluding hydrogens is 324 g/mol. The zero-order valence-electron chi connectivity index (χ0n) is 16.5. The Bertz CT molecular complexity index is 377. The predicted octanol–water partition coefficient (Wildman–Crippen LogP) is 6.97. The monoisotopic (exact) mass is 362 g/mol. The van der Waals surface area contributed by atoms with Crippen LogP contribution in [0.1, 0.15) is 89.9 Å². The van der Waals surface area contributed by atoms with E-state index in [2.05, 4.69) is 13.2 Å². The van der Waals surface area contributed by atoms with Gasteiger partial charge in [0, 0.05) is 12.8 Å². The molecule has 2 aliphatic carbocycles. The van der Waals surface area contributed by atoms with Crippen molar-refractivity contribution in [3.63, 3.8) is 0 Å². The maximum atomic E-state index is 12.6. The summed E-state index contributed by atoms with van der Waals surface area (Å²) in [6.07, 6.45) is 19.2. The molecule has 0 heterocycles. The molecule has 3 nitrogen and oxygen atoms in total. The second-order valence-corrected chi connectivity index (χ2v) is 8.11. The van der Waals surface area contributed by atoms with Crippen molar-refractivity contribution in [2.45, 2.75) is 102 Å². The van der Waals surface area contributed by atoms with Gasteiger partial charge in [-0.25, -0.2) is 4.79 Å². The maximum absolute atomic E-state index is 12.6. The second kappa shape index (κ2) is 12.2. The Hall–Kier alpha value is -1.25. The van der Waals surface area contributed by atoms with E-state index < -0.39 is 6.16 Å². The Morgan fingerprint density at radius 3 is 1.38 bits per heavy atom. The van der Waals surface area contributed by atoms with Crippen molar-refractivity contribution < 1.29 is 14.3 Å². The van der Waals surface area contributed by atoms with E-state index in [1.807, 2.05) is 12.2 Å². The first kappa shape index (κ1) is 21.1. The molecule has 26 heavy (non-hydrogen) atoms. The highest BCUT2D eigenvalue weighted by Crippen LogP contribution is 2.31. The Morgan fingerprint density at radius 1 is 0.731 bits per heavy atom. The summed E-state index contributed by atoms with van der Waals surface area (Å²) >= 11 is 0. The van der Waals surface area contributed by atoms with Crippen molar-refractivity contribution in [3.05, 3.63) is 25.3 Å². The molecule has 148 valence electrons. The number of rotatable bonds is 8. The zero-order valence-corrected chi connectivity index (χ0v) is 16.5. The van der Waals surface area contributed by atoms with Gasteiger partial charge in [-0.1, -0.05) is 63.5 Å². The summed E-state index contributed by atoms with van der Waals surface area (Å²) in [5, 5.41) is 0. The third kappa shape index (κ3) is 7.17. The summed E-state index contributed by atoms with van der Waals surface area (Å²) in [5.41, 5.74) is 0. The van der Waals surface area contributed by atoms with Crippen LogP contribution in [-0.2, 0) is 9.47 Å². The molecule has 2 unspecified atom stereocenters. The van der Waals surface area contributed by atoms with Crippen LogP contribution in [0, 0.1) is 11.8 Å². The van der Waals surface area contributed by atoms with Crippen LogP contribution in [0.5, 0.6) is 0 Å². The predicted molar refractivity (Wildman–Crippen MR) is 107 cm³/mol. The molecule has 0 aromatic carbocycles. The van der Waals surface area contributed by atoms with Crippen LogP contribution in [0.15, 0.2) is 25.3 Å². The molecule has 2 rings (SSSR count). The Morgan fingerprint density at radius 2 is 1.08 bits per heavy atom. The molecule has 2 atom stereocenters. The van der Waals surface area contributed by atoms with Crippen molar-refractivity contribution in [1.82, 2.24) is 0 Å². The van der Waals surface area contributed by atoms with E-state index in [9.17, 15) is 4.79 Å². The maximum Gasteiger partial charge on any atom is 0.508 e. The van der Waals surface area contributed by atoms with E-state index in [4.69, 9.17) is 9.47 Å². The first-order valence-corrected chi connectivity index (χ1v) is 10.8. The summed E-state index contributed by atoms with van der Waals surface area (Å²) in [6.45, 7) is 7.71. The quantitative estimate of drug-likeness (QED) is 0.266. The smallest absolute Gasteiger partial charge is 0.430 e. The first-order chi connectivity index (χ1) is 12.7. The van der Waals surface area contributed by atoms with E-state index in [0.29, 0.717) is 11.8 Å². The molecule has 3 heteroatoms. The van der Waals surface area contributed by atoms with Gasteiger partial charge in [0.15, 0.2) is 0 Å². The van der Waals surface area contributed by atoms with Crippen LogP contribution < -0.4 is 0 Å². The van der Waals surface area contributed by atoms with Gasteiger partial charge < -0.3 is 9.47 Å². The topological polar surface area (TPSA) is 35.5 Å². The average Bonchev–Trinajstić information content (AvgIpc) is 3.06. The highest BCUT2D eigenvalue weighted by Gasteiger charge is 2.29. The molecule has 0 bridgehead atoms. The van der Waals surface area contributed by atoms with Gasteiger partial charge in [0.2, 0.25) is 0 Å². The number of carbonyl (C=O) groups excluding carboxylic acids is 1.